The van der Waals surface area contributed by atoms with E-state index < -0.39 is 5.25 Å². The summed E-state index contributed by atoms with van der Waals surface area (Å²) >= 11 is 7.33. The minimum Gasteiger partial charge on any atom is -0.325 e. The molecule has 1 aliphatic rings. The van der Waals surface area contributed by atoms with E-state index in [1.165, 1.54) is 17.3 Å². The van der Waals surface area contributed by atoms with Crippen molar-refractivity contribution in [2.24, 2.45) is 0 Å². The molecule has 27 heavy (non-hydrogen) atoms. The molecule has 8 heteroatoms. The first-order valence-electron chi connectivity index (χ1n) is 8.49. The maximum atomic E-state index is 13.1. The first-order chi connectivity index (χ1) is 13.0. The Morgan fingerprint density at radius 1 is 1.11 bits per heavy atom. The zero-order valence-electron chi connectivity index (χ0n) is 14.8. The molecule has 3 aromatic rings. The van der Waals surface area contributed by atoms with Crippen LogP contribution in [-0.4, -0.2) is 26.0 Å². The maximum absolute atomic E-state index is 13.1. The van der Waals surface area contributed by atoms with Crippen LogP contribution in [0.5, 0.6) is 0 Å². The minimum atomic E-state index is -0.403. The van der Waals surface area contributed by atoms with Crippen LogP contribution in [-0.2, 0) is 4.79 Å². The monoisotopic (exact) mass is 399 g/mol. The number of carbonyl (C=O) groups is 1. The fourth-order valence-electron chi connectivity index (χ4n) is 2.93. The molecular weight excluding hydrogens is 382 g/mol. The van der Waals surface area contributed by atoms with Gasteiger partial charge < -0.3 is 10.7 Å². The second-order valence-electron chi connectivity index (χ2n) is 6.42. The number of benzene rings is 2. The van der Waals surface area contributed by atoms with E-state index in [1.807, 2.05) is 42.8 Å². The maximum Gasteiger partial charge on any atom is 0.240 e. The van der Waals surface area contributed by atoms with Gasteiger partial charge in [0.05, 0.1) is 6.04 Å². The molecule has 0 bridgehead atoms. The topological polar surface area (TPSA) is 71.8 Å². The van der Waals surface area contributed by atoms with Gasteiger partial charge in [-0.05, 0) is 43.7 Å². The van der Waals surface area contributed by atoms with Crippen LogP contribution in [0.2, 0.25) is 5.02 Å². The smallest absolute Gasteiger partial charge is 0.240 e. The molecular formula is C19H18ClN5OS. The second-order valence-corrected chi connectivity index (χ2v) is 7.96. The van der Waals surface area contributed by atoms with Gasteiger partial charge in [-0.1, -0.05) is 53.2 Å². The van der Waals surface area contributed by atoms with Crippen molar-refractivity contribution in [2.75, 3.05) is 10.7 Å². The van der Waals surface area contributed by atoms with Crippen molar-refractivity contribution < 1.29 is 4.79 Å². The predicted molar refractivity (Wildman–Crippen MR) is 108 cm³/mol. The molecule has 6 nitrogen and oxygen atoms in total. The molecule has 4 rings (SSSR count). The number of nitrogens with zero attached hydrogens (tertiary/aromatic N) is 3. The van der Waals surface area contributed by atoms with E-state index >= 15 is 0 Å². The molecule has 0 aliphatic carbocycles. The summed E-state index contributed by atoms with van der Waals surface area (Å²) in [5, 5.41) is 12.1. The number of anilines is 1. The number of halogens is 1. The number of rotatable bonds is 3. The highest BCUT2D eigenvalue weighted by Crippen LogP contribution is 2.37. The third kappa shape index (κ3) is 3.65. The number of amides is 1. The number of hydrogen-bond donors (Lipinski definition) is 2. The normalized spacial score (nSPS) is 18.5. The zero-order valence-corrected chi connectivity index (χ0v) is 16.4. The Morgan fingerprint density at radius 2 is 1.81 bits per heavy atom. The van der Waals surface area contributed by atoms with Crippen LogP contribution in [0, 0.1) is 13.8 Å². The summed E-state index contributed by atoms with van der Waals surface area (Å²) in [6.45, 7) is 3.92. The standard InChI is InChI=1S/C19H18ClN5OS/c1-11-3-5-13(6-4-11)16-17(27-19-23-22-12(2)25(19)24-16)18(26)21-15-9-7-14(20)8-10-15/h3-10,16-17,24H,1-2H3,(H,21,26)/t16-,17-/m0/s1. The van der Waals surface area contributed by atoms with Gasteiger partial charge >= 0.3 is 0 Å². The van der Waals surface area contributed by atoms with Gasteiger partial charge in [0.25, 0.3) is 0 Å². The number of aromatic nitrogens is 3. The van der Waals surface area contributed by atoms with E-state index in [-0.39, 0.29) is 11.9 Å². The van der Waals surface area contributed by atoms with Gasteiger partial charge in [-0.2, -0.15) is 0 Å². The van der Waals surface area contributed by atoms with Crippen LogP contribution in [0.15, 0.2) is 53.7 Å². The van der Waals surface area contributed by atoms with Gasteiger partial charge in [0, 0.05) is 10.7 Å². The van der Waals surface area contributed by atoms with Gasteiger partial charge in [0.15, 0.2) is 0 Å². The van der Waals surface area contributed by atoms with E-state index in [9.17, 15) is 4.79 Å². The van der Waals surface area contributed by atoms with E-state index in [0.29, 0.717) is 15.9 Å². The van der Waals surface area contributed by atoms with E-state index in [4.69, 9.17) is 11.6 Å². The van der Waals surface area contributed by atoms with E-state index in [2.05, 4.69) is 20.9 Å². The van der Waals surface area contributed by atoms with Crippen LogP contribution in [0.1, 0.15) is 23.0 Å². The van der Waals surface area contributed by atoms with Crippen LogP contribution in [0.25, 0.3) is 0 Å². The molecule has 2 heterocycles. The highest BCUT2D eigenvalue weighted by molar-refractivity contribution is 8.00. The summed E-state index contributed by atoms with van der Waals surface area (Å²) in [4.78, 5) is 13.1. The van der Waals surface area contributed by atoms with Gasteiger partial charge in [0.1, 0.15) is 11.1 Å². The number of thioether (sulfide) groups is 1. The average Bonchev–Trinajstić information content (AvgIpc) is 3.03. The lowest BCUT2D eigenvalue weighted by molar-refractivity contribution is -0.116. The lowest BCUT2D eigenvalue weighted by Gasteiger charge is -2.32. The number of hydrogen-bond acceptors (Lipinski definition) is 5. The van der Waals surface area contributed by atoms with Crippen LogP contribution < -0.4 is 10.7 Å². The first-order valence-corrected chi connectivity index (χ1v) is 9.75. The molecule has 1 amide bonds. The van der Waals surface area contributed by atoms with Crippen molar-refractivity contribution in [3.8, 4) is 0 Å². The Balaban J connectivity index is 1.65. The number of aryl methyl sites for hydroxylation is 2. The fraction of sp³-hybridized carbons (Fsp3) is 0.211. The number of fused-ring (bicyclic) bond motifs is 1. The molecule has 0 radical (unpaired) electrons. The molecule has 2 atom stereocenters. The molecule has 1 aromatic heterocycles. The summed E-state index contributed by atoms with van der Waals surface area (Å²) in [6, 6.07) is 15.0. The van der Waals surface area contributed by atoms with Crippen LogP contribution >= 0.6 is 23.4 Å². The van der Waals surface area contributed by atoms with Gasteiger partial charge in [-0.3, -0.25) is 4.79 Å². The highest BCUT2D eigenvalue weighted by Gasteiger charge is 2.37. The van der Waals surface area contributed by atoms with Crippen molar-refractivity contribution in [1.29, 1.82) is 0 Å². The van der Waals surface area contributed by atoms with Crippen molar-refractivity contribution in [3.63, 3.8) is 0 Å². The highest BCUT2D eigenvalue weighted by atomic mass is 35.5. The largest absolute Gasteiger partial charge is 0.325 e. The summed E-state index contributed by atoms with van der Waals surface area (Å²) in [6.07, 6.45) is 0. The Kier molecular flexibility index (Phi) is 4.80. The van der Waals surface area contributed by atoms with Crippen molar-refractivity contribution in [3.05, 3.63) is 70.5 Å². The summed E-state index contributed by atoms with van der Waals surface area (Å²) in [5.74, 6) is 0.651. The third-order valence-electron chi connectivity index (χ3n) is 4.41. The molecule has 0 saturated carbocycles. The number of carbonyl (C=O) groups excluding carboxylic acids is 1. The zero-order chi connectivity index (χ0) is 19.0. The molecule has 1 aliphatic heterocycles. The quantitative estimate of drug-likeness (QED) is 0.697. The van der Waals surface area contributed by atoms with Crippen LogP contribution in [0.4, 0.5) is 5.69 Å². The minimum absolute atomic E-state index is 0.104. The van der Waals surface area contributed by atoms with Crippen molar-refractivity contribution in [2.45, 2.75) is 30.3 Å². The Morgan fingerprint density at radius 3 is 2.52 bits per heavy atom. The molecule has 2 aromatic carbocycles. The lowest BCUT2D eigenvalue weighted by atomic mass is 10.0. The first kappa shape index (κ1) is 17.9. The lowest BCUT2D eigenvalue weighted by Crippen LogP contribution is -2.41. The summed E-state index contributed by atoms with van der Waals surface area (Å²) in [7, 11) is 0. The SMILES string of the molecule is Cc1ccc([C@@H]2Nn3c(C)nnc3S[C@@H]2C(=O)Nc2ccc(Cl)cc2)cc1. The molecule has 0 fully saturated rings. The molecule has 2 N–H and O–H groups in total. The molecule has 0 unspecified atom stereocenters. The molecule has 138 valence electrons. The van der Waals surface area contributed by atoms with Gasteiger partial charge in [-0.25, -0.2) is 4.68 Å². The van der Waals surface area contributed by atoms with E-state index in [0.717, 1.165) is 11.4 Å². The summed E-state index contributed by atoms with van der Waals surface area (Å²) in [5.41, 5.74) is 6.30. The van der Waals surface area contributed by atoms with Gasteiger partial charge in [0.2, 0.25) is 11.1 Å². The Bertz CT molecular complexity index is 971. The van der Waals surface area contributed by atoms with Gasteiger partial charge in [-0.15, -0.1) is 10.2 Å². The fourth-order valence-corrected chi connectivity index (χ4v) is 4.18. The predicted octanol–water partition coefficient (Wildman–Crippen LogP) is 3.95. The average molecular weight is 400 g/mol. The Hall–Kier alpha value is -2.51. The van der Waals surface area contributed by atoms with Crippen molar-refractivity contribution in [1.82, 2.24) is 14.9 Å². The van der Waals surface area contributed by atoms with Crippen LogP contribution in [0.3, 0.4) is 0 Å². The molecule has 0 spiro atoms. The Labute approximate surface area is 166 Å². The van der Waals surface area contributed by atoms with Crippen molar-refractivity contribution >= 4 is 35.0 Å². The molecule has 0 saturated heterocycles. The number of nitrogens with one attached hydrogen (secondary N) is 2. The van der Waals surface area contributed by atoms with E-state index in [1.54, 1.807) is 24.3 Å². The summed E-state index contributed by atoms with van der Waals surface area (Å²) < 4.78 is 1.83. The third-order valence-corrected chi connectivity index (χ3v) is 5.87. The second kappa shape index (κ2) is 7.25.